The van der Waals surface area contributed by atoms with Gasteiger partial charge in [-0.2, -0.15) is 18.2 Å². The number of hydrogen-bond donors (Lipinski definition) is 0. The van der Waals surface area contributed by atoms with Gasteiger partial charge in [0.15, 0.2) is 11.6 Å². The van der Waals surface area contributed by atoms with Gasteiger partial charge in [0, 0.05) is 16.2 Å². The molecule has 12 rings (SSSR count). The molecular formula is C80H97Cl2O6Zr2+2. The van der Waals surface area contributed by atoms with Gasteiger partial charge in [0.1, 0.15) is 6.79 Å². The van der Waals surface area contributed by atoms with Gasteiger partial charge in [-0.1, -0.05) is 191 Å². The molecule has 3 heterocycles. The van der Waals surface area contributed by atoms with E-state index in [2.05, 4.69) is 247 Å². The van der Waals surface area contributed by atoms with Gasteiger partial charge in [-0.3, -0.25) is 0 Å². The summed E-state index contributed by atoms with van der Waals surface area (Å²) in [6.07, 6.45) is 3.98. The van der Waals surface area contributed by atoms with E-state index >= 15 is 0 Å². The second-order valence-corrected chi connectivity index (χ2v) is 30.2. The average molecular weight is 1410 g/mol. The summed E-state index contributed by atoms with van der Waals surface area (Å²) in [4.78, 5) is 0. The third kappa shape index (κ3) is 17.8. The van der Waals surface area contributed by atoms with Gasteiger partial charge in [0.2, 0.25) is 0 Å². The molecule has 0 N–H and O–H groups in total. The van der Waals surface area contributed by atoms with E-state index in [4.69, 9.17) is 28.4 Å². The Labute approximate surface area is 590 Å². The zero-order valence-electron chi connectivity index (χ0n) is 56.6. The van der Waals surface area contributed by atoms with Crippen LogP contribution in [0.15, 0.2) is 164 Å². The van der Waals surface area contributed by atoms with E-state index in [0.29, 0.717) is 6.79 Å². The average Bonchev–Trinajstić information content (AvgIpc) is 1.72. The third-order valence-corrected chi connectivity index (χ3v) is 18.2. The van der Waals surface area contributed by atoms with Crippen LogP contribution in [0.2, 0.25) is 0 Å². The molecule has 0 bridgehead atoms. The Morgan fingerprint density at radius 2 is 0.656 bits per heavy atom. The van der Waals surface area contributed by atoms with Gasteiger partial charge in [-0.25, -0.2) is 0 Å². The normalized spacial score (nSPS) is 17.5. The summed E-state index contributed by atoms with van der Waals surface area (Å²) in [5.74, 6) is -0.944. The van der Waals surface area contributed by atoms with Crippen LogP contribution < -0.4 is 24.8 Å². The van der Waals surface area contributed by atoms with E-state index in [0.717, 1.165) is 65.3 Å². The number of ether oxygens (including phenoxy) is 6. The summed E-state index contributed by atoms with van der Waals surface area (Å²) in [6.45, 7) is 40.2. The molecule has 6 nitrogen and oxygen atoms in total. The van der Waals surface area contributed by atoms with Crippen molar-refractivity contribution in [1.29, 1.82) is 0 Å². The van der Waals surface area contributed by atoms with E-state index in [9.17, 15) is 0 Å². The maximum atomic E-state index is 5.95. The SMILES string of the molecule is CC1(Cc2cc3c(-c4ccccc4C(C)(C)C)cccc3[cH-]2)COC(C)(C)OC1.CC1(Cc2cc3c(-c4ccccc4C(C)(C)C)cccc3[cH-]2)COC(C)(C)OC1.CCC1(Cc2cc3c(-c4ccccc4C(C)(C)C)cccc3[cH-]2)COCOC1.[Cl-].[Cl-].[Zr+3].[Zr+4]. The van der Waals surface area contributed by atoms with Crippen LogP contribution in [0, 0.1) is 16.2 Å². The van der Waals surface area contributed by atoms with Crippen LogP contribution in [0.3, 0.4) is 0 Å². The van der Waals surface area contributed by atoms with Crippen LogP contribution in [0.25, 0.3) is 65.7 Å². The quantitative estimate of drug-likeness (QED) is 0.127. The van der Waals surface area contributed by atoms with E-state index in [1.165, 1.54) is 99.1 Å². The minimum Gasteiger partial charge on any atom is -1.00 e. The molecule has 3 aliphatic rings. The molecule has 90 heavy (non-hydrogen) atoms. The molecule has 0 aromatic heterocycles. The zero-order valence-corrected chi connectivity index (χ0v) is 63.0. The van der Waals surface area contributed by atoms with Crippen molar-refractivity contribution >= 4 is 32.3 Å². The molecule has 3 aliphatic heterocycles. The van der Waals surface area contributed by atoms with Gasteiger partial charge in [-0.15, -0.1) is 104 Å². The molecule has 9 aromatic rings. The molecule has 0 aliphatic carbocycles. The summed E-state index contributed by atoms with van der Waals surface area (Å²) in [7, 11) is 0. The number of fused-ring (bicyclic) bond motifs is 3. The Hall–Kier alpha value is -3.74. The predicted octanol–water partition coefficient (Wildman–Crippen LogP) is 14.2. The number of benzene rings is 6. The van der Waals surface area contributed by atoms with E-state index in [1.807, 2.05) is 27.7 Å². The zero-order chi connectivity index (χ0) is 61.5. The van der Waals surface area contributed by atoms with Gasteiger partial charge in [0.05, 0.1) is 39.6 Å². The fourth-order valence-electron chi connectivity index (χ4n) is 13.2. The molecule has 1 radical (unpaired) electrons. The van der Waals surface area contributed by atoms with Crippen molar-refractivity contribution in [3.63, 3.8) is 0 Å². The minimum absolute atomic E-state index is 0. The first kappa shape index (κ1) is 75.3. The van der Waals surface area contributed by atoms with Gasteiger partial charge in [0.25, 0.3) is 0 Å². The summed E-state index contributed by atoms with van der Waals surface area (Å²) in [5.41, 5.74) is 16.7. The van der Waals surface area contributed by atoms with Crippen molar-refractivity contribution in [2.75, 3.05) is 46.4 Å². The molecule has 0 spiro atoms. The molecule has 0 atom stereocenters. The first-order valence-electron chi connectivity index (χ1n) is 31.6. The Morgan fingerprint density at radius 3 is 0.944 bits per heavy atom. The van der Waals surface area contributed by atoms with Gasteiger partial charge >= 0.3 is 52.4 Å². The minimum atomic E-state index is -0.472. The summed E-state index contributed by atoms with van der Waals surface area (Å²) in [5, 5.41) is 7.95. The number of halogens is 2. The van der Waals surface area contributed by atoms with E-state index < -0.39 is 11.6 Å². The van der Waals surface area contributed by atoms with E-state index in [1.54, 1.807) is 0 Å². The van der Waals surface area contributed by atoms with Crippen LogP contribution in [-0.2, 0) is 116 Å². The Bertz CT molecular complexity index is 3610. The molecule has 473 valence electrons. The Balaban J connectivity index is 0.000000210. The van der Waals surface area contributed by atoms with Crippen LogP contribution in [0.5, 0.6) is 0 Å². The number of rotatable bonds is 10. The molecule has 0 amide bonds. The summed E-state index contributed by atoms with van der Waals surface area (Å²) in [6, 6.07) is 60.6. The molecule has 9 aromatic carbocycles. The molecular weight excluding hydrogens is 1310 g/mol. The fraction of sp³-hybridized carbons (Fsp3) is 0.438. The van der Waals surface area contributed by atoms with Crippen molar-refractivity contribution in [3.8, 4) is 33.4 Å². The van der Waals surface area contributed by atoms with Crippen molar-refractivity contribution in [2.24, 2.45) is 16.2 Å². The molecule has 3 saturated heterocycles. The topological polar surface area (TPSA) is 55.4 Å². The first-order valence-corrected chi connectivity index (χ1v) is 31.6. The maximum absolute atomic E-state index is 5.95. The molecule has 0 saturated carbocycles. The monoisotopic (exact) mass is 1400 g/mol. The molecule has 3 fully saturated rings. The molecule has 0 unspecified atom stereocenters. The van der Waals surface area contributed by atoms with E-state index in [-0.39, 0.29) is 110 Å². The first-order chi connectivity index (χ1) is 40.5. The van der Waals surface area contributed by atoms with Crippen molar-refractivity contribution in [1.82, 2.24) is 0 Å². The van der Waals surface area contributed by atoms with Crippen LogP contribution in [0.4, 0.5) is 0 Å². The summed E-state index contributed by atoms with van der Waals surface area (Å²) < 4.78 is 35.1. The number of hydrogen-bond acceptors (Lipinski definition) is 6. The summed E-state index contributed by atoms with van der Waals surface area (Å²) >= 11 is 0. The fourth-order valence-corrected chi connectivity index (χ4v) is 13.2. The van der Waals surface area contributed by atoms with Crippen molar-refractivity contribution < 1.29 is 106 Å². The maximum Gasteiger partial charge on any atom is 4.00 e. The molecule has 10 heteroatoms. The smallest absolute Gasteiger partial charge is 1.00 e. The standard InChI is InChI=1S/2C27H33O2.C26H31O2.2ClH.2Zr/c2*1-25(2,3)24-13-8-7-11-22(24)21-12-9-10-20-14-19(15-23(20)21)16-27(6)17-28-26(4,5)29-18-27;1-5-26(16-27-18-28-17-26)15-19-13-20-9-8-11-21(23(20)14-19)22-10-6-7-12-24(22)25(2,3)4;;;;/h2*7-15H,16-18H2,1-6H3;6-14H,5,15-18H2,1-4H3;2*1H;;/q3*-1;;;+3;+4/p-2. The second kappa shape index (κ2) is 29.9. The third-order valence-electron chi connectivity index (χ3n) is 18.2. The second-order valence-electron chi connectivity index (χ2n) is 30.2. The van der Waals surface area contributed by atoms with Crippen LogP contribution >= 0.6 is 0 Å². The van der Waals surface area contributed by atoms with Crippen LogP contribution in [0.1, 0.15) is 151 Å². The van der Waals surface area contributed by atoms with Crippen molar-refractivity contribution in [2.45, 2.75) is 164 Å². The predicted molar refractivity (Wildman–Crippen MR) is 360 cm³/mol. The van der Waals surface area contributed by atoms with Crippen LogP contribution in [-0.4, -0.2) is 58.0 Å². The van der Waals surface area contributed by atoms with Gasteiger partial charge < -0.3 is 53.2 Å². The largest absolute Gasteiger partial charge is 4.00 e. The van der Waals surface area contributed by atoms with Gasteiger partial charge in [-0.05, 0) is 103 Å². The Kier molecular flexibility index (Phi) is 25.0. The van der Waals surface area contributed by atoms with Crippen molar-refractivity contribution in [3.05, 3.63) is 197 Å². The Morgan fingerprint density at radius 1 is 0.378 bits per heavy atom.